The number of aryl methyl sites for hydroxylation is 1. The van der Waals surface area contributed by atoms with E-state index in [0.29, 0.717) is 11.3 Å². The van der Waals surface area contributed by atoms with E-state index in [1.165, 1.54) is 0 Å². The highest BCUT2D eigenvalue weighted by Gasteiger charge is 2.15. The predicted octanol–water partition coefficient (Wildman–Crippen LogP) is 5.86. The average molecular weight is 431 g/mol. The molecule has 0 fully saturated rings. The summed E-state index contributed by atoms with van der Waals surface area (Å²) in [6, 6.07) is 29.2. The van der Waals surface area contributed by atoms with E-state index >= 15 is 0 Å². The van der Waals surface area contributed by atoms with Gasteiger partial charge in [0.15, 0.2) is 9.84 Å². The molecule has 0 aliphatic heterocycles. The summed E-state index contributed by atoms with van der Waals surface area (Å²) in [7, 11) is -3.21. The third kappa shape index (κ3) is 5.12. The molecule has 4 rings (SSSR count). The van der Waals surface area contributed by atoms with E-state index in [1.54, 1.807) is 24.3 Å². The van der Waals surface area contributed by atoms with Gasteiger partial charge in [0, 0.05) is 17.7 Å². The first kappa shape index (κ1) is 21.1. The molecule has 5 heteroatoms. The van der Waals surface area contributed by atoms with Gasteiger partial charge in [0.2, 0.25) is 0 Å². The van der Waals surface area contributed by atoms with Crippen LogP contribution in [0.5, 0.6) is 0 Å². The Morgan fingerprint density at radius 3 is 1.90 bits per heavy atom. The van der Waals surface area contributed by atoms with Crippen LogP contribution >= 0.6 is 0 Å². The maximum Gasteiger partial charge on any atom is 0.178 e. The highest BCUT2D eigenvalue weighted by Crippen LogP contribution is 2.31. The highest BCUT2D eigenvalue weighted by atomic mass is 32.2. The zero-order chi connectivity index (χ0) is 21.5. The molecule has 1 heterocycles. The monoisotopic (exact) mass is 430 g/mol. The Morgan fingerprint density at radius 1 is 0.677 bits per heavy atom. The molecule has 4 aromatic rings. The molecule has 0 radical (unpaired) electrons. The Balaban J connectivity index is 1.44. The Bertz CT molecular complexity index is 1200. The second-order valence-corrected chi connectivity index (χ2v) is 9.67. The summed E-state index contributed by atoms with van der Waals surface area (Å²) in [4.78, 5) is 5.11. The molecule has 0 atom stereocenters. The summed E-state index contributed by atoms with van der Waals surface area (Å²) in [6.07, 6.45) is 4.29. The Labute approximate surface area is 184 Å². The second kappa shape index (κ2) is 9.75. The van der Waals surface area contributed by atoms with Gasteiger partial charge in [0.1, 0.15) is 0 Å². The van der Waals surface area contributed by atoms with Gasteiger partial charge >= 0.3 is 0 Å². The van der Waals surface area contributed by atoms with Gasteiger partial charge in [-0.15, -0.1) is 0 Å². The number of imidazole rings is 1. The van der Waals surface area contributed by atoms with Crippen molar-refractivity contribution in [3.63, 3.8) is 0 Å². The molecule has 0 unspecified atom stereocenters. The van der Waals surface area contributed by atoms with Crippen molar-refractivity contribution in [3.05, 3.63) is 97.3 Å². The first-order chi connectivity index (χ1) is 15.1. The van der Waals surface area contributed by atoms with E-state index in [-0.39, 0.29) is 5.75 Å². The van der Waals surface area contributed by atoms with Crippen LogP contribution in [0.15, 0.2) is 102 Å². The van der Waals surface area contributed by atoms with Crippen LogP contribution in [0, 0.1) is 0 Å². The van der Waals surface area contributed by atoms with Gasteiger partial charge < -0.3 is 4.57 Å². The number of hydrogen-bond donors (Lipinski definition) is 0. The molecule has 4 nitrogen and oxygen atoms in total. The van der Waals surface area contributed by atoms with Crippen molar-refractivity contribution in [2.45, 2.75) is 30.7 Å². The highest BCUT2D eigenvalue weighted by molar-refractivity contribution is 7.91. The molecule has 0 aliphatic rings. The number of nitrogens with zero attached hydrogens (tertiary/aromatic N) is 2. The first-order valence-electron chi connectivity index (χ1n) is 10.6. The molecule has 31 heavy (non-hydrogen) atoms. The van der Waals surface area contributed by atoms with Crippen LogP contribution in [-0.4, -0.2) is 23.7 Å². The van der Waals surface area contributed by atoms with Crippen molar-refractivity contribution in [1.29, 1.82) is 0 Å². The summed E-state index contributed by atoms with van der Waals surface area (Å²) in [5.41, 5.74) is 4.29. The van der Waals surface area contributed by atoms with Crippen LogP contribution in [0.4, 0.5) is 0 Å². The van der Waals surface area contributed by atoms with E-state index in [1.807, 2.05) is 48.8 Å². The average Bonchev–Trinajstić information content (AvgIpc) is 3.24. The fourth-order valence-electron chi connectivity index (χ4n) is 3.75. The number of rotatable bonds is 9. The van der Waals surface area contributed by atoms with Crippen molar-refractivity contribution in [1.82, 2.24) is 9.55 Å². The summed E-state index contributed by atoms with van der Waals surface area (Å²) in [5, 5.41) is 0. The van der Waals surface area contributed by atoms with Gasteiger partial charge in [-0.2, -0.15) is 0 Å². The molecular formula is C26H26N2O2S. The second-order valence-electron chi connectivity index (χ2n) is 7.56. The van der Waals surface area contributed by atoms with Gasteiger partial charge in [-0.05, 0) is 25.0 Å². The molecule has 0 saturated heterocycles. The van der Waals surface area contributed by atoms with Gasteiger partial charge in [-0.1, -0.05) is 85.3 Å². The Morgan fingerprint density at radius 2 is 1.26 bits per heavy atom. The number of benzene rings is 3. The lowest BCUT2D eigenvalue weighted by Crippen LogP contribution is -2.07. The zero-order valence-electron chi connectivity index (χ0n) is 17.4. The molecule has 0 amide bonds. The van der Waals surface area contributed by atoms with E-state index in [4.69, 9.17) is 4.98 Å². The normalized spacial score (nSPS) is 11.5. The standard InChI is InChI=1S/C26H26N2O2S/c29-31(30,24-17-9-3-10-18-24)20-12-4-11-19-28-21-27-25(22-13-5-1-6-14-22)26(28)23-15-7-2-8-16-23/h1-3,5-10,13-18,21H,4,11-12,19-20H2. The van der Waals surface area contributed by atoms with E-state index in [0.717, 1.165) is 41.9 Å². The van der Waals surface area contributed by atoms with Crippen LogP contribution in [0.2, 0.25) is 0 Å². The molecule has 0 spiro atoms. The molecule has 0 bridgehead atoms. The summed E-state index contributed by atoms with van der Waals surface area (Å²) < 4.78 is 27.1. The van der Waals surface area contributed by atoms with Crippen LogP contribution in [0.25, 0.3) is 22.5 Å². The van der Waals surface area contributed by atoms with E-state index in [9.17, 15) is 8.42 Å². The molecule has 0 saturated carbocycles. The SMILES string of the molecule is O=S(=O)(CCCCCn1cnc(-c2ccccc2)c1-c1ccccc1)c1ccccc1. The largest absolute Gasteiger partial charge is 0.330 e. The van der Waals surface area contributed by atoms with Crippen molar-refractivity contribution >= 4 is 9.84 Å². The smallest absolute Gasteiger partial charge is 0.178 e. The Hall–Kier alpha value is -3.18. The fraction of sp³-hybridized carbons (Fsp3) is 0.192. The van der Waals surface area contributed by atoms with Crippen molar-refractivity contribution in [2.24, 2.45) is 0 Å². The lowest BCUT2D eigenvalue weighted by atomic mass is 10.0. The van der Waals surface area contributed by atoms with Gasteiger partial charge in [-0.3, -0.25) is 0 Å². The minimum atomic E-state index is -3.21. The lowest BCUT2D eigenvalue weighted by Gasteiger charge is -2.11. The van der Waals surface area contributed by atoms with Crippen molar-refractivity contribution < 1.29 is 8.42 Å². The minimum Gasteiger partial charge on any atom is -0.330 e. The van der Waals surface area contributed by atoms with Crippen molar-refractivity contribution in [3.8, 4) is 22.5 Å². The maximum absolute atomic E-state index is 12.4. The molecule has 0 N–H and O–H groups in total. The number of hydrogen-bond acceptors (Lipinski definition) is 3. The Kier molecular flexibility index (Phi) is 6.63. The van der Waals surface area contributed by atoms with Gasteiger partial charge in [-0.25, -0.2) is 13.4 Å². The zero-order valence-corrected chi connectivity index (χ0v) is 18.2. The molecule has 158 valence electrons. The number of sulfone groups is 1. The molecule has 1 aromatic heterocycles. The number of aromatic nitrogens is 2. The molecule has 0 aliphatic carbocycles. The van der Waals surface area contributed by atoms with Crippen LogP contribution in [-0.2, 0) is 16.4 Å². The number of unbranched alkanes of at least 4 members (excludes halogenated alkanes) is 2. The van der Waals surface area contributed by atoms with Crippen LogP contribution in [0.1, 0.15) is 19.3 Å². The summed E-state index contributed by atoms with van der Waals surface area (Å²) in [6.45, 7) is 0.801. The summed E-state index contributed by atoms with van der Waals surface area (Å²) in [5.74, 6) is 0.182. The minimum absolute atomic E-state index is 0.182. The van der Waals surface area contributed by atoms with Gasteiger partial charge in [0.05, 0.1) is 28.4 Å². The predicted molar refractivity (Wildman–Crippen MR) is 125 cm³/mol. The van der Waals surface area contributed by atoms with Crippen LogP contribution in [0.3, 0.4) is 0 Å². The molecular weight excluding hydrogens is 404 g/mol. The lowest BCUT2D eigenvalue weighted by molar-refractivity contribution is 0.578. The van der Waals surface area contributed by atoms with Crippen molar-refractivity contribution in [2.75, 3.05) is 5.75 Å². The quantitative estimate of drug-likeness (QED) is 0.313. The fourth-order valence-corrected chi connectivity index (χ4v) is 5.15. The third-order valence-electron chi connectivity index (χ3n) is 5.35. The maximum atomic E-state index is 12.4. The van der Waals surface area contributed by atoms with E-state index < -0.39 is 9.84 Å². The third-order valence-corrected chi connectivity index (χ3v) is 7.16. The topological polar surface area (TPSA) is 52.0 Å². The molecule has 3 aromatic carbocycles. The van der Waals surface area contributed by atoms with E-state index in [2.05, 4.69) is 28.8 Å². The van der Waals surface area contributed by atoms with Gasteiger partial charge in [0.25, 0.3) is 0 Å². The first-order valence-corrected chi connectivity index (χ1v) is 12.2. The van der Waals surface area contributed by atoms with Crippen LogP contribution < -0.4 is 0 Å². The summed E-state index contributed by atoms with van der Waals surface area (Å²) >= 11 is 0.